The van der Waals surface area contributed by atoms with E-state index in [9.17, 15) is 14.4 Å². The summed E-state index contributed by atoms with van der Waals surface area (Å²) in [5.41, 5.74) is 1.98. The topological polar surface area (TPSA) is 84.5 Å². The van der Waals surface area contributed by atoms with Gasteiger partial charge in [-0.1, -0.05) is 43.7 Å². The summed E-state index contributed by atoms with van der Waals surface area (Å²) < 4.78 is 5.09. The number of amides is 2. The molecule has 0 fully saturated rings. The number of ether oxygens (including phenoxy) is 1. The number of esters is 1. The van der Waals surface area contributed by atoms with Gasteiger partial charge in [0, 0.05) is 12.1 Å². The molecular formula is C22H26N2O4. The van der Waals surface area contributed by atoms with E-state index in [-0.39, 0.29) is 24.0 Å². The second kappa shape index (κ2) is 10.3. The second-order valence-corrected chi connectivity index (χ2v) is 6.98. The minimum absolute atomic E-state index is 0.193. The van der Waals surface area contributed by atoms with E-state index in [2.05, 4.69) is 24.5 Å². The molecule has 28 heavy (non-hydrogen) atoms. The standard InChI is InChI=1S/C22H26N2O4/c1-15(2)11-12-23-20(25)14-28-22(27)18-9-4-5-10-19(18)24-21(26)17-8-6-7-16(3)13-17/h4-10,13,15H,11-12,14H2,1-3H3,(H,23,25)(H,24,26). The summed E-state index contributed by atoms with van der Waals surface area (Å²) in [7, 11) is 0. The smallest absolute Gasteiger partial charge is 0.340 e. The summed E-state index contributed by atoms with van der Waals surface area (Å²) in [5.74, 6) is -0.864. The molecule has 0 aliphatic rings. The van der Waals surface area contributed by atoms with Crippen molar-refractivity contribution in [2.45, 2.75) is 27.2 Å². The van der Waals surface area contributed by atoms with Crippen molar-refractivity contribution >= 4 is 23.5 Å². The zero-order valence-corrected chi connectivity index (χ0v) is 16.5. The number of carbonyl (C=O) groups excluding carboxylic acids is 3. The van der Waals surface area contributed by atoms with Gasteiger partial charge in [0.1, 0.15) is 0 Å². The molecule has 6 heteroatoms. The molecule has 2 aromatic rings. The Balaban J connectivity index is 1.98. The van der Waals surface area contributed by atoms with Gasteiger partial charge in [0.2, 0.25) is 0 Å². The molecule has 6 nitrogen and oxygen atoms in total. The van der Waals surface area contributed by atoms with Crippen LogP contribution < -0.4 is 10.6 Å². The van der Waals surface area contributed by atoms with E-state index < -0.39 is 5.97 Å². The van der Waals surface area contributed by atoms with E-state index >= 15 is 0 Å². The van der Waals surface area contributed by atoms with E-state index in [0.717, 1.165) is 12.0 Å². The maximum absolute atomic E-state index is 12.5. The summed E-state index contributed by atoms with van der Waals surface area (Å²) in [6, 6.07) is 13.7. The third-order valence-corrected chi connectivity index (χ3v) is 4.05. The van der Waals surface area contributed by atoms with Crippen LogP contribution in [-0.2, 0) is 9.53 Å². The Morgan fingerprint density at radius 3 is 2.50 bits per heavy atom. The van der Waals surface area contributed by atoms with Gasteiger partial charge in [-0.2, -0.15) is 0 Å². The SMILES string of the molecule is Cc1cccc(C(=O)Nc2ccccc2C(=O)OCC(=O)NCCC(C)C)c1. The van der Waals surface area contributed by atoms with Crippen molar-refractivity contribution in [1.82, 2.24) is 5.32 Å². The fraction of sp³-hybridized carbons (Fsp3) is 0.318. The van der Waals surface area contributed by atoms with E-state index in [4.69, 9.17) is 4.74 Å². The van der Waals surface area contributed by atoms with E-state index in [0.29, 0.717) is 23.7 Å². The van der Waals surface area contributed by atoms with Crippen LogP contribution in [-0.4, -0.2) is 30.9 Å². The van der Waals surface area contributed by atoms with Gasteiger partial charge in [0.25, 0.3) is 11.8 Å². The highest BCUT2D eigenvalue weighted by Gasteiger charge is 2.16. The first-order valence-corrected chi connectivity index (χ1v) is 9.27. The predicted molar refractivity (Wildman–Crippen MR) is 108 cm³/mol. The minimum atomic E-state index is -0.667. The molecule has 2 rings (SSSR count). The lowest BCUT2D eigenvalue weighted by Gasteiger charge is -2.12. The van der Waals surface area contributed by atoms with Crippen LogP contribution in [0.1, 0.15) is 46.5 Å². The molecule has 0 bridgehead atoms. The summed E-state index contributed by atoms with van der Waals surface area (Å²) >= 11 is 0. The van der Waals surface area contributed by atoms with Crippen LogP contribution in [0.15, 0.2) is 48.5 Å². The third-order valence-electron chi connectivity index (χ3n) is 4.05. The number of hydrogen-bond acceptors (Lipinski definition) is 4. The number of nitrogens with one attached hydrogen (secondary N) is 2. The van der Waals surface area contributed by atoms with Crippen LogP contribution in [0.4, 0.5) is 5.69 Å². The molecule has 2 amide bonds. The van der Waals surface area contributed by atoms with E-state index in [1.54, 1.807) is 42.5 Å². The monoisotopic (exact) mass is 382 g/mol. The number of aryl methyl sites for hydroxylation is 1. The molecule has 2 N–H and O–H groups in total. The number of benzene rings is 2. The Kier molecular flexibility index (Phi) is 7.75. The molecule has 148 valence electrons. The molecule has 0 aliphatic carbocycles. The Morgan fingerprint density at radius 1 is 1.04 bits per heavy atom. The first-order valence-electron chi connectivity index (χ1n) is 9.27. The number of para-hydroxylation sites is 1. The van der Waals surface area contributed by atoms with Gasteiger partial charge >= 0.3 is 5.97 Å². The van der Waals surface area contributed by atoms with Crippen LogP contribution in [0.25, 0.3) is 0 Å². The lowest BCUT2D eigenvalue weighted by Crippen LogP contribution is -2.30. The lowest BCUT2D eigenvalue weighted by molar-refractivity contribution is -0.124. The first kappa shape index (κ1) is 21.2. The molecular weight excluding hydrogens is 356 g/mol. The van der Waals surface area contributed by atoms with Gasteiger partial charge < -0.3 is 15.4 Å². The Bertz CT molecular complexity index is 846. The van der Waals surface area contributed by atoms with Gasteiger partial charge in [-0.25, -0.2) is 4.79 Å². The molecule has 2 aromatic carbocycles. The largest absolute Gasteiger partial charge is 0.452 e. The summed E-state index contributed by atoms with van der Waals surface area (Å²) in [6.07, 6.45) is 0.855. The van der Waals surface area contributed by atoms with Crippen molar-refractivity contribution in [3.05, 3.63) is 65.2 Å². The van der Waals surface area contributed by atoms with Crippen LogP contribution in [0.2, 0.25) is 0 Å². The van der Waals surface area contributed by atoms with Crippen molar-refractivity contribution in [2.75, 3.05) is 18.5 Å². The maximum Gasteiger partial charge on any atom is 0.340 e. The second-order valence-electron chi connectivity index (χ2n) is 6.98. The van der Waals surface area contributed by atoms with Crippen LogP contribution >= 0.6 is 0 Å². The molecule has 0 spiro atoms. The number of anilines is 1. The number of rotatable bonds is 8. The normalized spacial score (nSPS) is 10.4. The average molecular weight is 382 g/mol. The van der Waals surface area contributed by atoms with Crippen molar-refractivity contribution in [3.63, 3.8) is 0 Å². The number of hydrogen-bond donors (Lipinski definition) is 2. The summed E-state index contributed by atoms with van der Waals surface area (Å²) in [6.45, 7) is 6.20. The molecule has 0 atom stereocenters. The predicted octanol–water partition coefficient (Wildman–Crippen LogP) is 3.57. The third kappa shape index (κ3) is 6.54. The van der Waals surface area contributed by atoms with Gasteiger partial charge in [-0.3, -0.25) is 9.59 Å². The van der Waals surface area contributed by atoms with Crippen molar-refractivity contribution < 1.29 is 19.1 Å². The number of carbonyl (C=O) groups is 3. The molecule has 0 saturated carbocycles. The van der Waals surface area contributed by atoms with Crippen LogP contribution in [0.3, 0.4) is 0 Å². The van der Waals surface area contributed by atoms with Crippen LogP contribution in [0, 0.1) is 12.8 Å². The fourth-order valence-corrected chi connectivity index (χ4v) is 2.51. The minimum Gasteiger partial charge on any atom is -0.452 e. The van der Waals surface area contributed by atoms with Gasteiger partial charge in [-0.05, 0) is 43.5 Å². The molecule has 0 radical (unpaired) electrons. The molecule has 0 aliphatic heterocycles. The Labute approximate surface area is 165 Å². The first-order chi connectivity index (χ1) is 13.4. The highest BCUT2D eigenvalue weighted by molar-refractivity contribution is 6.08. The van der Waals surface area contributed by atoms with Crippen molar-refractivity contribution in [2.24, 2.45) is 5.92 Å². The van der Waals surface area contributed by atoms with E-state index in [1.807, 2.05) is 13.0 Å². The van der Waals surface area contributed by atoms with Gasteiger partial charge in [0.15, 0.2) is 6.61 Å². The van der Waals surface area contributed by atoms with Crippen molar-refractivity contribution in [3.8, 4) is 0 Å². The zero-order valence-electron chi connectivity index (χ0n) is 16.5. The Hall–Kier alpha value is -3.15. The molecule has 0 unspecified atom stereocenters. The molecule has 0 saturated heterocycles. The molecule has 0 aromatic heterocycles. The highest BCUT2D eigenvalue weighted by Crippen LogP contribution is 2.18. The summed E-state index contributed by atoms with van der Waals surface area (Å²) in [4.78, 5) is 36.6. The summed E-state index contributed by atoms with van der Waals surface area (Å²) in [5, 5.41) is 5.44. The quantitative estimate of drug-likeness (QED) is 0.684. The van der Waals surface area contributed by atoms with Gasteiger partial charge in [0.05, 0.1) is 11.3 Å². The molecule has 0 heterocycles. The average Bonchev–Trinajstić information content (AvgIpc) is 2.66. The van der Waals surface area contributed by atoms with Crippen molar-refractivity contribution in [1.29, 1.82) is 0 Å². The lowest BCUT2D eigenvalue weighted by atomic mass is 10.1. The van der Waals surface area contributed by atoms with Gasteiger partial charge in [-0.15, -0.1) is 0 Å². The van der Waals surface area contributed by atoms with Crippen LogP contribution in [0.5, 0.6) is 0 Å². The Morgan fingerprint density at radius 2 is 1.79 bits per heavy atom. The fourth-order valence-electron chi connectivity index (χ4n) is 2.51. The highest BCUT2D eigenvalue weighted by atomic mass is 16.5. The zero-order chi connectivity index (χ0) is 20.5. The van der Waals surface area contributed by atoms with E-state index in [1.165, 1.54) is 0 Å². The maximum atomic E-state index is 12.5.